The molecular formula is C11H15BF2NO3. The molecule has 7 atom stereocenters. The Morgan fingerprint density at radius 1 is 1.44 bits per heavy atom. The van der Waals surface area contributed by atoms with Crippen molar-refractivity contribution in [2.45, 2.75) is 37.4 Å². The van der Waals surface area contributed by atoms with Crippen molar-refractivity contribution in [3.8, 4) is 0 Å². The average Bonchev–Trinajstić information content (AvgIpc) is 2.32. The lowest BCUT2D eigenvalue weighted by Crippen LogP contribution is -2.60. The first-order valence-corrected chi connectivity index (χ1v) is 5.99. The fraction of sp³-hybridized carbons (Fsp3) is 0.818. The maximum Gasteiger partial charge on any atom is 0.313 e. The molecule has 3 N–H and O–H groups in total. The van der Waals surface area contributed by atoms with Crippen molar-refractivity contribution in [2.24, 2.45) is 23.5 Å². The Morgan fingerprint density at radius 2 is 2.06 bits per heavy atom. The maximum atomic E-state index is 13.7. The molecule has 1 heterocycles. The number of fused-ring (bicyclic) bond motifs is 1. The third-order valence-electron chi connectivity index (χ3n) is 4.22. The number of Topliss-reactive ketones (excluding diaryl/α,β-unsaturated/α-hetero) is 1. The van der Waals surface area contributed by atoms with Gasteiger partial charge in [-0.3, -0.25) is 9.59 Å². The maximum absolute atomic E-state index is 13.7. The van der Waals surface area contributed by atoms with Gasteiger partial charge in [0.15, 0.2) is 5.78 Å². The molecule has 1 saturated carbocycles. The van der Waals surface area contributed by atoms with Crippen LogP contribution in [0.5, 0.6) is 0 Å². The van der Waals surface area contributed by atoms with Crippen molar-refractivity contribution in [2.75, 3.05) is 0 Å². The number of carboxylic acid groups (broad SMARTS) is 1. The molecule has 7 unspecified atom stereocenters. The zero-order valence-electron chi connectivity index (χ0n) is 9.92. The van der Waals surface area contributed by atoms with E-state index < -0.39 is 53.7 Å². The van der Waals surface area contributed by atoms with Crippen LogP contribution in [-0.2, 0) is 9.59 Å². The molecule has 2 aliphatic rings. The van der Waals surface area contributed by atoms with E-state index in [0.29, 0.717) is 0 Å². The van der Waals surface area contributed by atoms with Gasteiger partial charge in [-0.2, -0.15) is 0 Å². The van der Waals surface area contributed by atoms with E-state index in [4.69, 9.17) is 10.8 Å². The highest BCUT2D eigenvalue weighted by Crippen LogP contribution is 2.46. The molecule has 99 valence electrons. The summed E-state index contributed by atoms with van der Waals surface area (Å²) in [5.74, 6) is -5.01. The monoisotopic (exact) mass is 258 g/mol. The first kappa shape index (κ1) is 13.5. The van der Waals surface area contributed by atoms with E-state index in [1.807, 2.05) is 0 Å². The van der Waals surface area contributed by atoms with Gasteiger partial charge >= 0.3 is 5.97 Å². The topological polar surface area (TPSA) is 80.4 Å². The molecule has 0 bridgehead atoms. The van der Waals surface area contributed by atoms with E-state index in [-0.39, 0.29) is 6.32 Å². The number of rotatable bonds is 1. The highest BCUT2D eigenvalue weighted by molar-refractivity contribution is 6.42. The molecule has 1 aliphatic heterocycles. The van der Waals surface area contributed by atoms with Crippen LogP contribution in [0.4, 0.5) is 8.78 Å². The number of ketones is 1. The predicted octanol–water partition coefficient (Wildman–Crippen LogP) is 0.450. The van der Waals surface area contributed by atoms with E-state index >= 15 is 0 Å². The summed E-state index contributed by atoms with van der Waals surface area (Å²) in [5.41, 5.74) is 5.59. The van der Waals surface area contributed by atoms with Crippen LogP contribution < -0.4 is 5.73 Å². The standard InChI is InChI=1S/C11H15BF2NO3/c1-3-6-5(9(15)8(14)7(3)13)10(16)4(2-12-6)11(17)18/h3-9H,2,15H2,1H3,(H,17,18). The SMILES string of the molecule is CC1C(F)C(F)C(N)C2C(=O)C(C(=O)O)C[B]C12. The fourth-order valence-corrected chi connectivity index (χ4v) is 3.10. The lowest BCUT2D eigenvalue weighted by atomic mass is 9.42. The summed E-state index contributed by atoms with van der Waals surface area (Å²) >= 11 is 0. The van der Waals surface area contributed by atoms with Crippen molar-refractivity contribution in [3.05, 3.63) is 0 Å². The number of carboxylic acids is 1. The van der Waals surface area contributed by atoms with Gasteiger partial charge in [-0.15, -0.1) is 0 Å². The summed E-state index contributed by atoms with van der Waals surface area (Å²) in [6.45, 7) is 1.53. The third-order valence-corrected chi connectivity index (χ3v) is 4.22. The Hall–Kier alpha value is -0.975. The van der Waals surface area contributed by atoms with Gasteiger partial charge in [0.1, 0.15) is 25.5 Å². The number of carbonyl (C=O) groups is 2. The molecular weight excluding hydrogens is 243 g/mol. The van der Waals surface area contributed by atoms with E-state index in [9.17, 15) is 18.4 Å². The molecule has 0 spiro atoms. The predicted molar refractivity (Wildman–Crippen MR) is 60.9 cm³/mol. The van der Waals surface area contributed by atoms with Crippen LogP contribution in [-0.4, -0.2) is 42.5 Å². The smallest absolute Gasteiger partial charge is 0.313 e. The van der Waals surface area contributed by atoms with Crippen LogP contribution in [0.25, 0.3) is 0 Å². The Kier molecular flexibility index (Phi) is 3.44. The molecule has 0 amide bonds. The van der Waals surface area contributed by atoms with Gasteiger partial charge in [0.25, 0.3) is 0 Å². The first-order valence-electron chi connectivity index (χ1n) is 5.99. The van der Waals surface area contributed by atoms with Gasteiger partial charge in [0.2, 0.25) is 0 Å². The van der Waals surface area contributed by atoms with Crippen LogP contribution in [0.1, 0.15) is 6.92 Å². The molecule has 7 heteroatoms. The summed E-state index contributed by atoms with van der Waals surface area (Å²) in [6, 6.07) is -1.26. The summed E-state index contributed by atoms with van der Waals surface area (Å²) in [5, 5.41) is 8.92. The van der Waals surface area contributed by atoms with Crippen molar-refractivity contribution in [1.82, 2.24) is 0 Å². The second kappa shape index (κ2) is 4.61. The number of carbonyl (C=O) groups excluding carboxylic acids is 1. The van der Waals surface area contributed by atoms with Crippen LogP contribution in [0.3, 0.4) is 0 Å². The summed E-state index contributed by atoms with van der Waals surface area (Å²) in [6.07, 6.45) is -3.55. The second-order valence-electron chi connectivity index (χ2n) is 5.19. The van der Waals surface area contributed by atoms with Gasteiger partial charge < -0.3 is 10.8 Å². The Labute approximate surface area is 104 Å². The van der Waals surface area contributed by atoms with Gasteiger partial charge in [0.05, 0.1) is 0 Å². The second-order valence-corrected chi connectivity index (χ2v) is 5.19. The highest BCUT2D eigenvalue weighted by Gasteiger charge is 2.55. The molecule has 2 fully saturated rings. The number of aliphatic carboxylic acids is 1. The zero-order valence-corrected chi connectivity index (χ0v) is 9.92. The molecule has 4 nitrogen and oxygen atoms in total. The van der Waals surface area contributed by atoms with Crippen molar-refractivity contribution in [1.29, 1.82) is 0 Å². The number of hydrogen-bond acceptors (Lipinski definition) is 3. The Bertz CT molecular complexity index is 381. The van der Waals surface area contributed by atoms with Crippen LogP contribution in [0.2, 0.25) is 12.1 Å². The minimum absolute atomic E-state index is 0.0655. The van der Waals surface area contributed by atoms with Gasteiger partial charge in [0, 0.05) is 12.0 Å². The lowest BCUT2D eigenvalue weighted by Gasteiger charge is -2.46. The van der Waals surface area contributed by atoms with Crippen molar-refractivity contribution < 1.29 is 23.5 Å². The van der Waals surface area contributed by atoms with Crippen LogP contribution in [0.15, 0.2) is 0 Å². The Balaban J connectivity index is 2.29. The quantitative estimate of drug-likeness (QED) is 0.528. The third kappa shape index (κ3) is 1.84. The van der Waals surface area contributed by atoms with Crippen LogP contribution in [0, 0.1) is 17.8 Å². The molecule has 1 aliphatic carbocycles. The summed E-state index contributed by atoms with van der Waals surface area (Å²) in [4.78, 5) is 23.0. The van der Waals surface area contributed by atoms with Gasteiger partial charge in [-0.05, 0) is 5.92 Å². The number of nitrogens with two attached hydrogens (primary N) is 1. The fourth-order valence-electron chi connectivity index (χ4n) is 3.10. The molecule has 0 aromatic heterocycles. The minimum atomic E-state index is -1.91. The highest BCUT2D eigenvalue weighted by atomic mass is 19.2. The van der Waals surface area contributed by atoms with E-state index in [1.54, 1.807) is 7.28 Å². The Morgan fingerprint density at radius 3 is 2.61 bits per heavy atom. The van der Waals surface area contributed by atoms with Crippen molar-refractivity contribution in [3.63, 3.8) is 0 Å². The van der Waals surface area contributed by atoms with Gasteiger partial charge in [-0.1, -0.05) is 19.1 Å². The molecule has 0 aromatic rings. The van der Waals surface area contributed by atoms with Crippen LogP contribution >= 0.6 is 0 Å². The average molecular weight is 258 g/mol. The molecule has 1 radical (unpaired) electrons. The summed E-state index contributed by atoms with van der Waals surface area (Å²) < 4.78 is 27.4. The lowest BCUT2D eigenvalue weighted by molar-refractivity contribution is -0.148. The van der Waals surface area contributed by atoms with E-state index in [1.165, 1.54) is 6.92 Å². The number of hydrogen-bond donors (Lipinski definition) is 2. The largest absolute Gasteiger partial charge is 0.481 e. The number of halogens is 2. The number of alkyl halides is 2. The van der Waals surface area contributed by atoms with E-state index in [2.05, 4.69) is 0 Å². The normalized spacial score (nSPS) is 48.2. The zero-order chi connectivity index (χ0) is 13.6. The summed E-state index contributed by atoms with van der Waals surface area (Å²) in [7, 11) is 1.62. The van der Waals surface area contributed by atoms with Crippen molar-refractivity contribution >= 4 is 19.0 Å². The minimum Gasteiger partial charge on any atom is -0.481 e. The van der Waals surface area contributed by atoms with E-state index in [0.717, 1.165) is 0 Å². The first-order chi connectivity index (χ1) is 8.36. The molecule has 18 heavy (non-hydrogen) atoms. The van der Waals surface area contributed by atoms with Gasteiger partial charge in [-0.25, -0.2) is 8.78 Å². The molecule has 0 aromatic carbocycles. The molecule has 1 saturated heterocycles. The molecule has 2 rings (SSSR count).